The van der Waals surface area contributed by atoms with E-state index in [9.17, 15) is 22.0 Å². The van der Waals surface area contributed by atoms with Crippen LogP contribution >= 0.6 is 0 Å². The van der Waals surface area contributed by atoms with Crippen LogP contribution < -0.4 is 4.74 Å². The Morgan fingerprint density at radius 3 is 1.71 bits per heavy atom. The van der Waals surface area contributed by atoms with Gasteiger partial charge in [0.15, 0.2) is 23.3 Å². The van der Waals surface area contributed by atoms with Gasteiger partial charge in [0.25, 0.3) is 0 Å². The van der Waals surface area contributed by atoms with Gasteiger partial charge in [-0.15, -0.1) is 0 Å². The van der Waals surface area contributed by atoms with Crippen LogP contribution in [0.4, 0.5) is 27.6 Å². The number of halogens is 5. The summed E-state index contributed by atoms with van der Waals surface area (Å²) in [6, 6.07) is 15.0. The highest BCUT2D eigenvalue weighted by atomic mass is 19.2. The third-order valence-corrected chi connectivity index (χ3v) is 5.43. The van der Waals surface area contributed by atoms with Crippen molar-refractivity contribution >= 4 is 11.9 Å². The second-order valence-corrected chi connectivity index (χ2v) is 8.62. The molecule has 0 spiro atoms. The number of para-hydroxylation sites is 1. The molecule has 0 aliphatic heterocycles. The molecule has 0 aliphatic carbocycles. The van der Waals surface area contributed by atoms with Gasteiger partial charge in [-0.05, 0) is 28.5 Å². The van der Waals surface area contributed by atoms with Gasteiger partial charge in [-0.2, -0.15) is 0 Å². The van der Waals surface area contributed by atoms with Gasteiger partial charge in [0.2, 0.25) is 5.82 Å². The van der Waals surface area contributed by atoms with Gasteiger partial charge < -0.3 is 4.74 Å². The van der Waals surface area contributed by atoms with E-state index in [1.807, 2.05) is 76.2 Å². The maximum Gasteiger partial charge on any atom is 0.200 e. The Balaban J connectivity index is 2.07. The molecule has 2 nitrogen and oxygen atoms in total. The molecule has 180 valence electrons. The highest BCUT2D eigenvalue weighted by Crippen LogP contribution is 2.36. The van der Waals surface area contributed by atoms with Gasteiger partial charge in [0, 0.05) is 12.6 Å². The fraction of sp³-hybridized carbons (Fsp3) is 0.296. The second-order valence-electron chi connectivity index (χ2n) is 8.62. The zero-order valence-electron chi connectivity index (χ0n) is 19.4. The van der Waals surface area contributed by atoms with E-state index in [1.54, 1.807) is 0 Å². The molecular formula is C27H26F5NO. The van der Waals surface area contributed by atoms with Crippen LogP contribution in [0.3, 0.4) is 0 Å². The standard InChI is InChI=1S/C27H26F5NO/c1-15(2)19-11-8-12-20(16(3)4)27(19)34-18(13-17-9-6-5-7-10-17)14-33-26-24(31)22(29)21(28)23(30)25(26)32/h5-12,14-16,18H,13H2,1-4H3. The minimum atomic E-state index is -2.22. The summed E-state index contributed by atoms with van der Waals surface area (Å²) in [4.78, 5) is 3.66. The maximum absolute atomic E-state index is 14.2. The van der Waals surface area contributed by atoms with Crippen LogP contribution in [0.15, 0.2) is 53.5 Å². The molecule has 0 N–H and O–H groups in total. The summed E-state index contributed by atoms with van der Waals surface area (Å²) >= 11 is 0. The van der Waals surface area contributed by atoms with Gasteiger partial charge in [-0.25, -0.2) is 22.0 Å². The van der Waals surface area contributed by atoms with Crippen LogP contribution in [-0.2, 0) is 6.42 Å². The summed E-state index contributed by atoms with van der Waals surface area (Å²) in [6.07, 6.45) is 0.519. The highest BCUT2D eigenvalue weighted by Gasteiger charge is 2.26. The average molecular weight is 476 g/mol. The summed E-state index contributed by atoms with van der Waals surface area (Å²) in [7, 11) is 0. The van der Waals surface area contributed by atoms with Crippen LogP contribution in [0.5, 0.6) is 5.75 Å². The van der Waals surface area contributed by atoms with Crippen molar-refractivity contribution < 1.29 is 26.7 Å². The van der Waals surface area contributed by atoms with E-state index >= 15 is 0 Å². The van der Waals surface area contributed by atoms with Crippen molar-refractivity contribution in [3.05, 3.63) is 94.3 Å². The summed E-state index contributed by atoms with van der Waals surface area (Å²) in [6.45, 7) is 8.06. The van der Waals surface area contributed by atoms with E-state index in [-0.39, 0.29) is 18.3 Å². The normalized spacial score (nSPS) is 12.7. The van der Waals surface area contributed by atoms with E-state index in [2.05, 4.69) is 4.99 Å². The van der Waals surface area contributed by atoms with Crippen LogP contribution in [0.1, 0.15) is 56.2 Å². The first-order chi connectivity index (χ1) is 16.1. The molecule has 34 heavy (non-hydrogen) atoms. The molecule has 0 amide bonds. The molecule has 1 atom stereocenters. The number of rotatable bonds is 8. The van der Waals surface area contributed by atoms with Crippen LogP contribution in [0.2, 0.25) is 0 Å². The van der Waals surface area contributed by atoms with Gasteiger partial charge >= 0.3 is 0 Å². The first-order valence-electron chi connectivity index (χ1n) is 11.0. The lowest BCUT2D eigenvalue weighted by Crippen LogP contribution is -2.23. The molecule has 1 unspecified atom stereocenters. The number of hydrogen-bond donors (Lipinski definition) is 0. The second kappa shape index (κ2) is 10.8. The predicted molar refractivity (Wildman–Crippen MR) is 124 cm³/mol. The third kappa shape index (κ3) is 5.46. The smallest absolute Gasteiger partial charge is 0.200 e. The van der Waals surface area contributed by atoms with Gasteiger partial charge in [0.05, 0.1) is 0 Å². The molecule has 3 rings (SSSR count). The van der Waals surface area contributed by atoms with Gasteiger partial charge in [-0.3, -0.25) is 4.99 Å². The summed E-state index contributed by atoms with van der Waals surface area (Å²) in [5.74, 6) is -9.42. The van der Waals surface area contributed by atoms with Crippen molar-refractivity contribution in [3.8, 4) is 5.75 Å². The number of benzene rings is 3. The van der Waals surface area contributed by atoms with Gasteiger partial charge in [0.1, 0.15) is 17.5 Å². The van der Waals surface area contributed by atoms with Crippen LogP contribution in [0.25, 0.3) is 0 Å². The minimum Gasteiger partial charge on any atom is -0.484 e. The number of nitrogens with zero attached hydrogens (tertiary/aromatic N) is 1. The quantitative estimate of drug-likeness (QED) is 0.140. The molecule has 0 bridgehead atoms. The molecule has 0 saturated heterocycles. The Kier molecular flexibility index (Phi) is 8.07. The minimum absolute atomic E-state index is 0.123. The monoisotopic (exact) mass is 475 g/mol. The van der Waals surface area contributed by atoms with Gasteiger partial charge in [-0.1, -0.05) is 76.2 Å². The van der Waals surface area contributed by atoms with Crippen molar-refractivity contribution in [3.63, 3.8) is 0 Å². The molecule has 0 aliphatic rings. The Hall–Kier alpha value is -3.22. The third-order valence-electron chi connectivity index (χ3n) is 5.43. The Morgan fingerprint density at radius 2 is 1.21 bits per heavy atom. The molecule has 0 saturated carbocycles. The van der Waals surface area contributed by atoms with E-state index in [1.165, 1.54) is 0 Å². The maximum atomic E-state index is 14.2. The lowest BCUT2D eigenvalue weighted by atomic mass is 9.94. The molecule has 0 aromatic heterocycles. The number of ether oxygens (including phenoxy) is 1. The van der Waals surface area contributed by atoms with Crippen molar-refractivity contribution in [1.82, 2.24) is 0 Å². The van der Waals surface area contributed by atoms with Crippen molar-refractivity contribution in [2.45, 2.75) is 52.1 Å². The van der Waals surface area contributed by atoms with E-state index in [0.717, 1.165) is 22.9 Å². The zero-order valence-corrected chi connectivity index (χ0v) is 19.4. The molecule has 7 heteroatoms. The Labute approximate surface area is 196 Å². The van der Waals surface area contributed by atoms with E-state index < -0.39 is 40.9 Å². The molecule has 0 heterocycles. The fourth-order valence-electron chi connectivity index (χ4n) is 3.61. The van der Waals surface area contributed by atoms with Crippen molar-refractivity contribution in [1.29, 1.82) is 0 Å². The summed E-state index contributed by atoms with van der Waals surface area (Å²) < 4.78 is 75.4. The lowest BCUT2D eigenvalue weighted by molar-refractivity contribution is 0.265. The SMILES string of the molecule is CC(C)c1cccc(C(C)C)c1OC(C=Nc1c(F)c(F)c(F)c(F)c1F)Cc1ccccc1. The molecule has 3 aromatic rings. The molecule has 3 aromatic carbocycles. The number of aliphatic imine (C=N–C) groups is 1. The van der Waals surface area contributed by atoms with Crippen molar-refractivity contribution in [2.75, 3.05) is 0 Å². The summed E-state index contributed by atoms with van der Waals surface area (Å²) in [5.41, 5.74) is 1.48. The van der Waals surface area contributed by atoms with Crippen LogP contribution in [-0.4, -0.2) is 12.3 Å². The number of hydrogen-bond acceptors (Lipinski definition) is 2. The first-order valence-corrected chi connectivity index (χ1v) is 11.0. The first kappa shape index (κ1) is 25.4. The highest BCUT2D eigenvalue weighted by molar-refractivity contribution is 5.69. The van der Waals surface area contributed by atoms with E-state index in [0.29, 0.717) is 5.75 Å². The molecule has 0 radical (unpaired) electrons. The topological polar surface area (TPSA) is 21.6 Å². The molecule has 0 fully saturated rings. The van der Waals surface area contributed by atoms with Crippen LogP contribution in [0, 0.1) is 29.1 Å². The Bertz CT molecular complexity index is 1120. The Morgan fingerprint density at radius 1 is 0.706 bits per heavy atom. The van der Waals surface area contributed by atoms with E-state index in [4.69, 9.17) is 4.74 Å². The molecular weight excluding hydrogens is 449 g/mol. The van der Waals surface area contributed by atoms with Crippen molar-refractivity contribution in [2.24, 2.45) is 4.99 Å². The fourth-order valence-corrected chi connectivity index (χ4v) is 3.61. The largest absolute Gasteiger partial charge is 0.484 e. The zero-order chi connectivity index (χ0) is 25.0. The lowest BCUT2D eigenvalue weighted by Gasteiger charge is -2.24. The predicted octanol–water partition coefficient (Wildman–Crippen LogP) is 8.02. The summed E-state index contributed by atoms with van der Waals surface area (Å²) in [5, 5.41) is 0. The average Bonchev–Trinajstić information content (AvgIpc) is 2.81.